The highest BCUT2D eigenvalue weighted by Gasteiger charge is 2.33. The summed E-state index contributed by atoms with van der Waals surface area (Å²) in [5.74, 6) is 0.883. The fourth-order valence-electron chi connectivity index (χ4n) is 4.85. The summed E-state index contributed by atoms with van der Waals surface area (Å²) in [6, 6.07) is 6.36. The summed E-state index contributed by atoms with van der Waals surface area (Å²) in [7, 11) is 0. The van der Waals surface area contributed by atoms with Gasteiger partial charge in [-0.1, -0.05) is 26.0 Å². The van der Waals surface area contributed by atoms with E-state index in [-0.39, 0.29) is 11.6 Å². The lowest BCUT2D eigenvalue weighted by Gasteiger charge is -2.28. The van der Waals surface area contributed by atoms with Gasteiger partial charge in [0.15, 0.2) is 11.6 Å². The van der Waals surface area contributed by atoms with Gasteiger partial charge in [0.1, 0.15) is 0 Å². The number of carbonyl (C=O) groups excluding carboxylic acids is 2. The summed E-state index contributed by atoms with van der Waals surface area (Å²) in [5.41, 5.74) is 6.11. The lowest BCUT2D eigenvalue weighted by Crippen LogP contribution is -2.24. The maximum absolute atomic E-state index is 12.2. The summed E-state index contributed by atoms with van der Waals surface area (Å²) in [4.78, 5) is 28.9. The number of fused-ring (bicyclic) bond motifs is 5. The minimum Gasteiger partial charge on any atom is -0.304 e. The molecule has 0 aliphatic heterocycles. The predicted octanol–water partition coefficient (Wildman–Crippen LogP) is 5.51. The summed E-state index contributed by atoms with van der Waals surface area (Å²) < 4.78 is 0. The van der Waals surface area contributed by atoms with Crippen LogP contribution < -0.4 is 0 Å². The Hall–Kier alpha value is -1.78. The third-order valence-corrected chi connectivity index (χ3v) is 7.73. The molecule has 3 nitrogen and oxygen atoms in total. The lowest BCUT2D eigenvalue weighted by molar-refractivity contribution is 0.0992. The molecule has 0 saturated heterocycles. The SMILES string of the molecule is CCN(CC)CCCC1Cc2ccc3c(c2-c2sc(C(C)=O)cc21)CCC3=O. The Morgan fingerprint density at radius 2 is 2.00 bits per heavy atom. The Morgan fingerprint density at radius 3 is 2.71 bits per heavy atom. The molecule has 0 N–H and O–H groups in total. The van der Waals surface area contributed by atoms with Crippen molar-refractivity contribution in [1.29, 1.82) is 0 Å². The van der Waals surface area contributed by atoms with Gasteiger partial charge in [-0.2, -0.15) is 0 Å². The number of benzene rings is 1. The van der Waals surface area contributed by atoms with Crippen molar-refractivity contribution >= 4 is 22.9 Å². The molecule has 4 heteroatoms. The van der Waals surface area contributed by atoms with Crippen LogP contribution in [0.1, 0.15) is 82.7 Å². The Balaban J connectivity index is 1.69. The first kappa shape index (κ1) is 19.5. The molecule has 0 fully saturated rings. The van der Waals surface area contributed by atoms with E-state index in [0.717, 1.165) is 49.3 Å². The number of Topliss-reactive ketones (excluding diaryl/α,β-unsaturated/α-hetero) is 2. The van der Waals surface area contributed by atoms with Crippen LogP contribution in [0.15, 0.2) is 18.2 Å². The Labute approximate surface area is 171 Å². The van der Waals surface area contributed by atoms with Crippen LogP contribution in [0, 0.1) is 0 Å². The molecule has 1 heterocycles. The maximum Gasteiger partial charge on any atom is 0.169 e. The van der Waals surface area contributed by atoms with Crippen molar-refractivity contribution in [2.45, 2.75) is 58.8 Å². The highest BCUT2D eigenvalue weighted by Crippen LogP contribution is 2.49. The first-order valence-electron chi connectivity index (χ1n) is 10.6. The monoisotopic (exact) mass is 395 g/mol. The molecule has 0 bridgehead atoms. The molecule has 2 aliphatic carbocycles. The summed E-state index contributed by atoms with van der Waals surface area (Å²) >= 11 is 1.63. The van der Waals surface area contributed by atoms with Gasteiger partial charge in [-0.05, 0) is 86.5 Å². The molecule has 0 radical (unpaired) electrons. The zero-order chi connectivity index (χ0) is 19.8. The van der Waals surface area contributed by atoms with E-state index in [0.29, 0.717) is 12.3 Å². The quantitative estimate of drug-likeness (QED) is 0.580. The standard InChI is InChI=1S/C24H29NO2S/c1-4-25(5-2)12-6-7-16-13-17-8-9-18-19(10-11-21(18)27)23(17)24-20(16)14-22(28-24)15(3)26/h8-9,14,16H,4-7,10-13H2,1-3H3. The molecule has 0 amide bonds. The van der Waals surface area contributed by atoms with E-state index >= 15 is 0 Å². The van der Waals surface area contributed by atoms with Crippen molar-refractivity contribution < 1.29 is 9.59 Å². The van der Waals surface area contributed by atoms with Crippen molar-refractivity contribution in [3.63, 3.8) is 0 Å². The Morgan fingerprint density at radius 1 is 1.21 bits per heavy atom. The van der Waals surface area contributed by atoms with Gasteiger partial charge < -0.3 is 4.90 Å². The van der Waals surface area contributed by atoms with Gasteiger partial charge in [0.2, 0.25) is 0 Å². The molecule has 2 aromatic rings. The van der Waals surface area contributed by atoms with Crippen molar-refractivity contribution in [3.05, 3.63) is 45.3 Å². The molecule has 28 heavy (non-hydrogen) atoms. The number of hydrogen-bond donors (Lipinski definition) is 0. The lowest BCUT2D eigenvalue weighted by atomic mass is 9.78. The molecular weight excluding hydrogens is 366 g/mol. The number of carbonyl (C=O) groups is 2. The Bertz CT molecular complexity index is 923. The smallest absolute Gasteiger partial charge is 0.169 e. The molecule has 2 aliphatic rings. The van der Waals surface area contributed by atoms with E-state index in [1.165, 1.54) is 33.6 Å². The minimum absolute atomic E-state index is 0.145. The highest BCUT2D eigenvalue weighted by molar-refractivity contribution is 7.17. The van der Waals surface area contributed by atoms with Gasteiger partial charge in [-0.3, -0.25) is 9.59 Å². The third kappa shape index (κ3) is 3.37. The van der Waals surface area contributed by atoms with Crippen molar-refractivity contribution in [1.82, 2.24) is 4.90 Å². The van der Waals surface area contributed by atoms with Gasteiger partial charge >= 0.3 is 0 Å². The van der Waals surface area contributed by atoms with Gasteiger partial charge in [0.25, 0.3) is 0 Å². The van der Waals surface area contributed by atoms with Crippen molar-refractivity contribution in [2.24, 2.45) is 0 Å². The van der Waals surface area contributed by atoms with Gasteiger partial charge in [-0.15, -0.1) is 11.3 Å². The number of thiophene rings is 1. The second kappa shape index (κ2) is 7.92. The van der Waals surface area contributed by atoms with Gasteiger partial charge in [-0.25, -0.2) is 0 Å². The molecule has 1 atom stereocenters. The molecule has 0 spiro atoms. The number of nitrogens with zero attached hydrogens (tertiary/aromatic N) is 1. The topological polar surface area (TPSA) is 37.4 Å². The number of ketones is 2. The van der Waals surface area contributed by atoms with Crippen LogP contribution in [0.2, 0.25) is 0 Å². The Kier molecular flexibility index (Phi) is 5.52. The average molecular weight is 396 g/mol. The highest BCUT2D eigenvalue weighted by atomic mass is 32.1. The second-order valence-corrected chi connectivity index (χ2v) is 9.12. The first-order valence-corrected chi connectivity index (χ1v) is 11.4. The summed E-state index contributed by atoms with van der Waals surface area (Å²) in [6.45, 7) is 9.43. The summed E-state index contributed by atoms with van der Waals surface area (Å²) in [6.07, 6.45) is 4.81. The van der Waals surface area contributed by atoms with Crippen LogP contribution in [0.4, 0.5) is 0 Å². The molecule has 1 unspecified atom stereocenters. The van der Waals surface area contributed by atoms with Crippen LogP contribution >= 0.6 is 11.3 Å². The molecular formula is C24H29NO2S. The predicted molar refractivity (Wildman–Crippen MR) is 116 cm³/mol. The molecule has 1 aromatic heterocycles. The largest absolute Gasteiger partial charge is 0.304 e. The minimum atomic E-state index is 0.145. The third-order valence-electron chi connectivity index (χ3n) is 6.46. The van der Waals surface area contributed by atoms with Crippen molar-refractivity contribution in [3.8, 4) is 10.4 Å². The fourth-order valence-corrected chi connectivity index (χ4v) is 6.10. The average Bonchev–Trinajstić information content (AvgIpc) is 3.29. The summed E-state index contributed by atoms with van der Waals surface area (Å²) in [5, 5.41) is 0. The molecule has 1 aromatic carbocycles. The van der Waals surface area contributed by atoms with Crippen LogP contribution in [0.5, 0.6) is 0 Å². The molecule has 0 saturated carbocycles. The van der Waals surface area contributed by atoms with Gasteiger partial charge in [0, 0.05) is 16.9 Å². The van der Waals surface area contributed by atoms with E-state index in [9.17, 15) is 9.59 Å². The second-order valence-electron chi connectivity index (χ2n) is 8.07. The zero-order valence-corrected chi connectivity index (χ0v) is 18.0. The van der Waals surface area contributed by atoms with E-state index in [4.69, 9.17) is 0 Å². The normalized spacial score (nSPS) is 17.6. The molecule has 148 valence electrons. The van der Waals surface area contributed by atoms with Crippen LogP contribution in [0.25, 0.3) is 10.4 Å². The van der Waals surface area contributed by atoms with Crippen LogP contribution in [0.3, 0.4) is 0 Å². The van der Waals surface area contributed by atoms with Crippen LogP contribution in [-0.4, -0.2) is 36.1 Å². The fraction of sp³-hybridized carbons (Fsp3) is 0.500. The molecule has 4 rings (SSSR count). The maximum atomic E-state index is 12.2. The van der Waals surface area contributed by atoms with Crippen LogP contribution in [-0.2, 0) is 12.8 Å². The van der Waals surface area contributed by atoms with Crippen molar-refractivity contribution in [2.75, 3.05) is 19.6 Å². The zero-order valence-electron chi connectivity index (χ0n) is 17.1. The van der Waals surface area contributed by atoms with E-state index in [1.54, 1.807) is 18.3 Å². The van der Waals surface area contributed by atoms with E-state index in [2.05, 4.69) is 30.9 Å². The van der Waals surface area contributed by atoms with E-state index < -0.39 is 0 Å². The number of hydrogen-bond acceptors (Lipinski definition) is 4. The van der Waals surface area contributed by atoms with E-state index in [1.807, 2.05) is 6.07 Å². The first-order chi connectivity index (χ1) is 13.5. The number of rotatable bonds is 7. The van der Waals surface area contributed by atoms with Gasteiger partial charge in [0.05, 0.1) is 4.88 Å².